The highest BCUT2D eigenvalue weighted by Crippen LogP contribution is 2.32. The van der Waals surface area contributed by atoms with E-state index in [4.69, 9.17) is 0 Å². The van der Waals surface area contributed by atoms with Gasteiger partial charge in [-0.05, 0) is 17.7 Å². The normalized spacial score (nSPS) is 11.8. The van der Waals surface area contributed by atoms with Crippen LogP contribution >= 0.6 is 24.0 Å². The Kier molecular flexibility index (Phi) is 7.09. The molecule has 108 valence electrons. The van der Waals surface area contributed by atoms with Crippen molar-refractivity contribution in [3.05, 3.63) is 35.1 Å². The molecule has 8 heteroatoms. The zero-order valence-electron chi connectivity index (χ0n) is 10.3. The summed E-state index contributed by atoms with van der Waals surface area (Å²) in [6.07, 6.45) is -4.58. The van der Waals surface area contributed by atoms with Gasteiger partial charge in [0.2, 0.25) is 0 Å². The second-order valence-corrected chi connectivity index (χ2v) is 3.47. The monoisotopic (exact) mass is 391 g/mol. The first kappa shape index (κ1) is 17.9. The number of hydrogen-bond donors (Lipinski definition) is 2. The highest BCUT2D eigenvalue weighted by molar-refractivity contribution is 14.0. The number of nitrogens with one attached hydrogen (secondary N) is 2. The Balaban J connectivity index is 0.00000324. The lowest BCUT2D eigenvalue weighted by Crippen LogP contribution is -2.34. The van der Waals surface area contributed by atoms with Crippen LogP contribution in [0.5, 0.6) is 0 Å². The van der Waals surface area contributed by atoms with E-state index < -0.39 is 17.6 Å². The molecule has 0 aliphatic rings. The molecule has 0 atom stereocenters. The van der Waals surface area contributed by atoms with Crippen molar-refractivity contribution < 1.29 is 17.6 Å². The number of nitrogens with zero attached hydrogens (tertiary/aromatic N) is 1. The van der Waals surface area contributed by atoms with Crippen molar-refractivity contribution in [3.63, 3.8) is 0 Å². The number of guanidine groups is 1. The van der Waals surface area contributed by atoms with Crippen molar-refractivity contribution in [2.24, 2.45) is 4.99 Å². The van der Waals surface area contributed by atoms with Crippen molar-refractivity contribution in [1.82, 2.24) is 10.6 Å². The molecule has 0 aromatic heterocycles. The van der Waals surface area contributed by atoms with Crippen LogP contribution in [0.2, 0.25) is 0 Å². The number of hydrogen-bond acceptors (Lipinski definition) is 1. The highest BCUT2D eigenvalue weighted by atomic mass is 127. The van der Waals surface area contributed by atoms with Crippen LogP contribution in [0.1, 0.15) is 11.1 Å². The summed E-state index contributed by atoms with van der Waals surface area (Å²) in [5, 5.41) is 5.36. The van der Waals surface area contributed by atoms with E-state index in [9.17, 15) is 17.6 Å². The summed E-state index contributed by atoms with van der Waals surface area (Å²) >= 11 is 0. The van der Waals surface area contributed by atoms with Gasteiger partial charge in [0.1, 0.15) is 5.82 Å². The predicted molar refractivity (Wildman–Crippen MR) is 76.1 cm³/mol. The van der Waals surface area contributed by atoms with Gasteiger partial charge in [-0.25, -0.2) is 4.39 Å². The standard InChI is InChI=1S/C11H13F4N3.HI/c1-16-10(17-2)18-6-7-3-4-8(12)5-9(7)11(13,14)15;/h3-5H,6H2,1-2H3,(H2,16,17,18);1H. The van der Waals surface area contributed by atoms with E-state index in [1.807, 2.05) is 0 Å². The van der Waals surface area contributed by atoms with Crippen LogP contribution in [-0.4, -0.2) is 20.1 Å². The molecule has 1 rings (SSSR count). The third kappa shape index (κ3) is 5.21. The van der Waals surface area contributed by atoms with Gasteiger partial charge in [-0.15, -0.1) is 24.0 Å². The fraction of sp³-hybridized carbons (Fsp3) is 0.364. The summed E-state index contributed by atoms with van der Waals surface area (Å²) in [4.78, 5) is 3.77. The topological polar surface area (TPSA) is 36.4 Å². The summed E-state index contributed by atoms with van der Waals surface area (Å²) in [7, 11) is 3.08. The maximum atomic E-state index is 12.9. The van der Waals surface area contributed by atoms with Gasteiger partial charge in [-0.1, -0.05) is 6.07 Å². The predicted octanol–water partition coefficient (Wildman–Crippen LogP) is 2.76. The highest BCUT2D eigenvalue weighted by Gasteiger charge is 2.33. The van der Waals surface area contributed by atoms with Gasteiger partial charge in [0, 0.05) is 20.6 Å². The SMILES string of the molecule is CN=C(NC)NCc1ccc(F)cc1C(F)(F)F.I. The Hall–Kier alpha value is -1.06. The molecule has 0 radical (unpaired) electrons. The fourth-order valence-corrected chi connectivity index (χ4v) is 1.42. The Morgan fingerprint density at radius 1 is 1.32 bits per heavy atom. The van der Waals surface area contributed by atoms with Crippen LogP contribution in [0.25, 0.3) is 0 Å². The molecule has 0 aliphatic carbocycles. The summed E-state index contributed by atoms with van der Waals surface area (Å²) in [6.45, 7) is -0.0946. The van der Waals surface area contributed by atoms with E-state index in [0.717, 1.165) is 12.1 Å². The third-order valence-corrected chi connectivity index (χ3v) is 2.28. The van der Waals surface area contributed by atoms with Gasteiger partial charge in [-0.2, -0.15) is 13.2 Å². The van der Waals surface area contributed by atoms with Crippen molar-refractivity contribution in [2.75, 3.05) is 14.1 Å². The lowest BCUT2D eigenvalue weighted by atomic mass is 10.1. The zero-order valence-corrected chi connectivity index (χ0v) is 12.6. The minimum Gasteiger partial charge on any atom is -0.359 e. The lowest BCUT2D eigenvalue weighted by Gasteiger charge is -2.14. The number of aliphatic imine (C=N–C) groups is 1. The van der Waals surface area contributed by atoms with Crippen LogP contribution < -0.4 is 10.6 Å². The third-order valence-electron chi connectivity index (χ3n) is 2.28. The molecule has 0 saturated carbocycles. The van der Waals surface area contributed by atoms with E-state index in [1.165, 1.54) is 7.05 Å². The summed E-state index contributed by atoms with van der Waals surface area (Å²) in [5.74, 6) is -0.559. The molecule has 19 heavy (non-hydrogen) atoms. The van der Waals surface area contributed by atoms with E-state index >= 15 is 0 Å². The smallest absolute Gasteiger partial charge is 0.359 e. The van der Waals surface area contributed by atoms with Gasteiger partial charge in [0.05, 0.1) is 5.56 Å². The molecule has 0 bridgehead atoms. The molecule has 1 aromatic rings. The largest absolute Gasteiger partial charge is 0.416 e. The van der Waals surface area contributed by atoms with Crippen molar-refractivity contribution >= 4 is 29.9 Å². The minimum atomic E-state index is -4.58. The maximum absolute atomic E-state index is 12.9. The van der Waals surface area contributed by atoms with Gasteiger partial charge in [0.25, 0.3) is 0 Å². The van der Waals surface area contributed by atoms with E-state index in [0.29, 0.717) is 12.0 Å². The van der Waals surface area contributed by atoms with Crippen LogP contribution in [0.15, 0.2) is 23.2 Å². The van der Waals surface area contributed by atoms with Gasteiger partial charge in [0.15, 0.2) is 5.96 Å². The molecule has 3 nitrogen and oxygen atoms in total. The average molecular weight is 391 g/mol. The Bertz CT molecular complexity index is 446. The van der Waals surface area contributed by atoms with Crippen molar-refractivity contribution in [2.45, 2.75) is 12.7 Å². The van der Waals surface area contributed by atoms with Gasteiger partial charge >= 0.3 is 6.18 Å². The first-order chi connectivity index (χ1) is 8.38. The summed E-state index contributed by atoms with van der Waals surface area (Å²) < 4.78 is 50.9. The zero-order chi connectivity index (χ0) is 13.8. The molecule has 0 unspecified atom stereocenters. The molecular formula is C11H14F4IN3. The van der Waals surface area contributed by atoms with Crippen molar-refractivity contribution in [3.8, 4) is 0 Å². The molecule has 0 aliphatic heterocycles. The summed E-state index contributed by atoms with van der Waals surface area (Å²) in [5.41, 5.74) is -1.03. The molecular weight excluding hydrogens is 377 g/mol. The molecule has 0 saturated heterocycles. The minimum absolute atomic E-state index is 0. The Morgan fingerprint density at radius 3 is 2.42 bits per heavy atom. The maximum Gasteiger partial charge on any atom is 0.416 e. The lowest BCUT2D eigenvalue weighted by molar-refractivity contribution is -0.138. The number of halogens is 5. The summed E-state index contributed by atoms with van der Waals surface area (Å²) in [6, 6.07) is 2.58. The quantitative estimate of drug-likeness (QED) is 0.352. The molecule has 0 fully saturated rings. The van der Waals surface area contributed by atoms with E-state index in [1.54, 1.807) is 7.05 Å². The second kappa shape index (κ2) is 7.51. The molecule has 1 aromatic carbocycles. The first-order valence-corrected chi connectivity index (χ1v) is 5.12. The molecule has 0 heterocycles. The first-order valence-electron chi connectivity index (χ1n) is 5.12. The molecule has 0 spiro atoms. The fourth-order valence-electron chi connectivity index (χ4n) is 1.42. The number of alkyl halides is 3. The second-order valence-electron chi connectivity index (χ2n) is 3.47. The van der Waals surface area contributed by atoms with Gasteiger partial charge < -0.3 is 10.6 Å². The molecule has 2 N–H and O–H groups in total. The van der Waals surface area contributed by atoms with Crippen LogP contribution in [-0.2, 0) is 12.7 Å². The van der Waals surface area contributed by atoms with Crippen LogP contribution in [0.4, 0.5) is 17.6 Å². The Labute approximate surface area is 125 Å². The van der Waals surface area contributed by atoms with E-state index in [-0.39, 0.29) is 36.1 Å². The van der Waals surface area contributed by atoms with Crippen LogP contribution in [0.3, 0.4) is 0 Å². The van der Waals surface area contributed by atoms with Crippen molar-refractivity contribution in [1.29, 1.82) is 0 Å². The van der Waals surface area contributed by atoms with E-state index in [2.05, 4.69) is 15.6 Å². The number of rotatable bonds is 2. The van der Waals surface area contributed by atoms with Crippen LogP contribution in [0, 0.1) is 5.82 Å². The van der Waals surface area contributed by atoms with Gasteiger partial charge in [-0.3, -0.25) is 4.99 Å². The number of benzene rings is 1. The molecule has 0 amide bonds. The average Bonchev–Trinajstić information content (AvgIpc) is 2.30. The Morgan fingerprint density at radius 2 is 1.95 bits per heavy atom.